The van der Waals surface area contributed by atoms with E-state index in [1.54, 1.807) is 16.7 Å². The molecule has 3 heterocycles. The van der Waals surface area contributed by atoms with Crippen LogP contribution < -0.4 is 10.9 Å². The minimum absolute atomic E-state index is 0.00168. The number of rotatable bonds is 5. The number of pyridine rings is 1. The zero-order valence-electron chi connectivity index (χ0n) is 12.7. The summed E-state index contributed by atoms with van der Waals surface area (Å²) in [5.41, 5.74) is 2.72. The van der Waals surface area contributed by atoms with Crippen molar-refractivity contribution in [2.75, 3.05) is 19.6 Å². The molecule has 0 saturated carbocycles. The van der Waals surface area contributed by atoms with Crippen molar-refractivity contribution >= 4 is 5.65 Å². The minimum atomic E-state index is -0.00168. The molecule has 3 rings (SSSR count). The molecule has 21 heavy (non-hydrogen) atoms. The summed E-state index contributed by atoms with van der Waals surface area (Å²) >= 11 is 0. The van der Waals surface area contributed by atoms with Gasteiger partial charge in [0.05, 0.1) is 5.69 Å². The van der Waals surface area contributed by atoms with Crippen LogP contribution >= 0.6 is 0 Å². The van der Waals surface area contributed by atoms with Gasteiger partial charge in [0, 0.05) is 37.9 Å². The monoisotopic (exact) mass is 286 g/mol. The second-order valence-electron chi connectivity index (χ2n) is 5.80. The zero-order chi connectivity index (χ0) is 14.8. The number of nitrogens with one attached hydrogen (secondary N) is 1. The molecule has 5 heteroatoms. The maximum absolute atomic E-state index is 12.2. The Hall–Kier alpha value is -1.72. The third kappa shape index (κ3) is 2.99. The fraction of sp³-hybridized carbons (Fsp3) is 0.500. The van der Waals surface area contributed by atoms with E-state index < -0.39 is 0 Å². The summed E-state index contributed by atoms with van der Waals surface area (Å²) in [4.78, 5) is 19.3. The van der Waals surface area contributed by atoms with Gasteiger partial charge in [-0.05, 0) is 37.6 Å². The van der Waals surface area contributed by atoms with E-state index in [4.69, 9.17) is 0 Å². The largest absolute Gasteiger partial charge is 0.314 e. The normalized spacial score (nSPS) is 15.6. The molecule has 1 aliphatic rings. The van der Waals surface area contributed by atoms with Gasteiger partial charge in [-0.25, -0.2) is 4.98 Å². The van der Waals surface area contributed by atoms with Gasteiger partial charge < -0.3 is 5.32 Å². The third-order valence-corrected chi connectivity index (χ3v) is 4.03. The van der Waals surface area contributed by atoms with Crippen molar-refractivity contribution in [3.8, 4) is 0 Å². The number of hydrogen-bond donors (Lipinski definition) is 1. The van der Waals surface area contributed by atoms with E-state index in [2.05, 4.69) is 22.1 Å². The van der Waals surface area contributed by atoms with Gasteiger partial charge in [-0.2, -0.15) is 0 Å². The Morgan fingerprint density at radius 3 is 2.90 bits per heavy atom. The summed E-state index contributed by atoms with van der Waals surface area (Å²) in [5.74, 6) is 0. The van der Waals surface area contributed by atoms with Gasteiger partial charge in [0.25, 0.3) is 5.56 Å². The van der Waals surface area contributed by atoms with Crippen molar-refractivity contribution in [3.63, 3.8) is 0 Å². The molecule has 1 saturated heterocycles. The van der Waals surface area contributed by atoms with E-state index in [-0.39, 0.29) is 5.56 Å². The molecule has 0 atom stereocenters. The lowest BCUT2D eigenvalue weighted by atomic mass is 10.1. The summed E-state index contributed by atoms with van der Waals surface area (Å²) < 4.78 is 1.60. The fourth-order valence-electron chi connectivity index (χ4n) is 2.75. The van der Waals surface area contributed by atoms with Crippen LogP contribution in [0.3, 0.4) is 0 Å². The highest BCUT2D eigenvalue weighted by Crippen LogP contribution is 2.11. The fourth-order valence-corrected chi connectivity index (χ4v) is 2.75. The quantitative estimate of drug-likeness (QED) is 0.897. The highest BCUT2D eigenvalue weighted by atomic mass is 16.1. The molecular formula is C16H22N4O. The first-order valence-corrected chi connectivity index (χ1v) is 7.61. The van der Waals surface area contributed by atoms with E-state index >= 15 is 0 Å². The third-order valence-electron chi connectivity index (χ3n) is 4.03. The first-order valence-electron chi connectivity index (χ1n) is 7.61. The van der Waals surface area contributed by atoms with E-state index in [0.29, 0.717) is 6.04 Å². The Balaban J connectivity index is 1.90. The topological polar surface area (TPSA) is 49.6 Å². The lowest BCUT2D eigenvalue weighted by molar-refractivity contribution is 0.136. The molecule has 0 aromatic carbocycles. The van der Waals surface area contributed by atoms with Crippen LogP contribution in [0.4, 0.5) is 0 Å². The Morgan fingerprint density at radius 1 is 1.43 bits per heavy atom. The Kier molecular flexibility index (Phi) is 4.03. The van der Waals surface area contributed by atoms with E-state index in [0.717, 1.165) is 49.5 Å². The molecule has 0 unspecified atom stereocenters. The molecule has 2 aromatic heterocycles. The number of nitrogens with zero attached hydrogens (tertiary/aromatic N) is 3. The highest BCUT2D eigenvalue weighted by molar-refractivity contribution is 5.41. The van der Waals surface area contributed by atoms with Gasteiger partial charge >= 0.3 is 0 Å². The summed E-state index contributed by atoms with van der Waals surface area (Å²) in [5, 5.41) is 3.31. The van der Waals surface area contributed by atoms with E-state index in [9.17, 15) is 4.79 Å². The summed E-state index contributed by atoms with van der Waals surface area (Å²) in [6.07, 6.45) is 2.91. The highest BCUT2D eigenvalue weighted by Gasteiger charge is 2.24. The second kappa shape index (κ2) is 5.95. The van der Waals surface area contributed by atoms with Crippen molar-refractivity contribution in [3.05, 3.63) is 46.0 Å². The van der Waals surface area contributed by atoms with Gasteiger partial charge in [-0.3, -0.25) is 14.1 Å². The molecule has 0 aliphatic carbocycles. The molecule has 0 amide bonds. The predicted octanol–water partition coefficient (Wildman–Crippen LogP) is 1.19. The maximum Gasteiger partial charge on any atom is 0.258 e. The van der Waals surface area contributed by atoms with Crippen molar-refractivity contribution in [1.82, 2.24) is 19.6 Å². The lowest BCUT2D eigenvalue weighted by Crippen LogP contribution is -2.57. The first-order chi connectivity index (χ1) is 10.2. The van der Waals surface area contributed by atoms with Crippen molar-refractivity contribution in [2.45, 2.75) is 32.9 Å². The smallest absolute Gasteiger partial charge is 0.258 e. The van der Waals surface area contributed by atoms with Crippen LogP contribution in [0, 0.1) is 6.92 Å². The first kappa shape index (κ1) is 14.2. The molecule has 1 N–H and O–H groups in total. The van der Waals surface area contributed by atoms with E-state index in [1.807, 2.05) is 19.1 Å². The Morgan fingerprint density at radius 2 is 2.24 bits per heavy atom. The van der Waals surface area contributed by atoms with Crippen LogP contribution in [0.1, 0.15) is 24.6 Å². The van der Waals surface area contributed by atoms with Crippen molar-refractivity contribution in [2.24, 2.45) is 0 Å². The zero-order valence-corrected chi connectivity index (χ0v) is 12.7. The molecule has 0 radical (unpaired) electrons. The number of aromatic nitrogens is 2. The average Bonchev–Trinajstić information content (AvgIpc) is 2.36. The number of aryl methyl sites for hydroxylation is 1. The molecule has 0 bridgehead atoms. The van der Waals surface area contributed by atoms with Crippen LogP contribution in [0.2, 0.25) is 0 Å². The van der Waals surface area contributed by atoms with Gasteiger partial charge in [0.15, 0.2) is 0 Å². The average molecular weight is 286 g/mol. The molecule has 1 fully saturated rings. The predicted molar refractivity (Wildman–Crippen MR) is 83.6 cm³/mol. The van der Waals surface area contributed by atoms with Crippen LogP contribution in [0.5, 0.6) is 0 Å². The van der Waals surface area contributed by atoms with Gasteiger partial charge in [-0.1, -0.05) is 6.92 Å². The molecule has 0 spiro atoms. The summed E-state index contributed by atoms with van der Waals surface area (Å²) in [6, 6.07) is 6.12. The van der Waals surface area contributed by atoms with E-state index in [1.165, 1.54) is 0 Å². The Bertz CT molecular complexity index is 690. The van der Waals surface area contributed by atoms with Crippen LogP contribution in [-0.4, -0.2) is 40.0 Å². The maximum atomic E-state index is 12.2. The van der Waals surface area contributed by atoms with Crippen LogP contribution in [0.25, 0.3) is 5.65 Å². The standard InChI is InChI=1S/C16H22N4O/c1-3-5-19(14-9-17-10-14)11-13-8-16(21)20-6-4-12(2)7-15(20)18-13/h4,6-8,14,17H,3,5,9-11H2,1-2H3. The summed E-state index contributed by atoms with van der Waals surface area (Å²) in [6.45, 7) is 8.06. The van der Waals surface area contributed by atoms with Gasteiger partial charge in [0.2, 0.25) is 0 Å². The van der Waals surface area contributed by atoms with Crippen molar-refractivity contribution < 1.29 is 0 Å². The molecular weight excluding hydrogens is 264 g/mol. The van der Waals surface area contributed by atoms with Crippen LogP contribution in [0.15, 0.2) is 29.2 Å². The number of hydrogen-bond acceptors (Lipinski definition) is 4. The molecule has 1 aliphatic heterocycles. The second-order valence-corrected chi connectivity index (χ2v) is 5.80. The number of fused-ring (bicyclic) bond motifs is 1. The SMILES string of the molecule is CCCN(Cc1cc(=O)n2ccc(C)cc2n1)C1CNC1. The molecule has 2 aromatic rings. The van der Waals surface area contributed by atoms with Crippen LogP contribution in [-0.2, 0) is 6.54 Å². The minimum Gasteiger partial charge on any atom is -0.314 e. The molecule has 112 valence electrons. The molecule has 5 nitrogen and oxygen atoms in total. The Labute approximate surface area is 124 Å². The van der Waals surface area contributed by atoms with Gasteiger partial charge in [0.1, 0.15) is 5.65 Å². The van der Waals surface area contributed by atoms with Crippen molar-refractivity contribution in [1.29, 1.82) is 0 Å². The lowest BCUT2D eigenvalue weighted by Gasteiger charge is -2.38. The van der Waals surface area contributed by atoms with Gasteiger partial charge in [-0.15, -0.1) is 0 Å². The summed E-state index contributed by atoms with van der Waals surface area (Å²) in [7, 11) is 0.